The van der Waals surface area contributed by atoms with Crippen LogP contribution in [0.3, 0.4) is 0 Å². The van der Waals surface area contributed by atoms with Crippen LogP contribution in [0.25, 0.3) is 0 Å². The van der Waals surface area contributed by atoms with Gasteiger partial charge < -0.3 is 10.3 Å². The molecule has 0 unspecified atom stereocenters. The Kier molecular flexibility index (Phi) is 5.18. The molecule has 9 heteroatoms. The zero-order chi connectivity index (χ0) is 20.3. The molecule has 3 rings (SSSR count). The van der Waals surface area contributed by atoms with E-state index in [0.717, 1.165) is 16.6 Å². The molecule has 0 aliphatic rings. The summed E-state index contributed by atoms with van der Waals surface area (Å²) in [4.78, 5) is 51.7. The number of aromatic nitrogens is 2. The Bertz CT molecular complexity index is 1140. The molecule has 0 bridgehead atoms. The van der Waals surface area contributed by atoms with Crippen LogP contribution in [0.5, 0.6) is 0 Å². The Morgan fingerprint density at radius 2 is 1.75 bits per heavy atom. The molecule has 0 spiro atoms. The zero-order valence-corrected chi connectivity index (χ0v) is 14.9. The predicted molar refractivity (Wildman–Crippen MR) is 104 cm³/mol. The van der Waals surface area contributed by atoms with Crippen molar-refractivity contribution in [3.63, 3.8) is 0 Å². The fraction of sp³-hybridized carbons (Fsp3) is 0.0526. The number of hydrogen-bond donors (Lipinski definition) is 4. The number of anilines is 2. The fourth-order valence-electron chi connectivity index (χ4n) is 2.55. The summed E-state index contributed by atoms with van der Waals surface area (Å²) in [5, 5.41) is 3.54. The van der Waals surface area contributed by atoms with Crippen LogP contribution in [0.1, 0.15) is 26.4 Å². The summed E-state index contributed by atoms with van der Waals surface area (Å²) in [6.45, 7) is 1.89. The average Bonchev–Trinajstić information content (AvgIpc) is 2.66. The highest BCUT2D eigenvalue weighted by Crippen LogP contribution is 2.18. The van der Waals surface area contributed by atoms with E-state index >= 15 is 0 Å². The second kappa shape index (κ2) is 7.72. The van der Waals surface area contributed by atoms with Crippen LogP contribution in [0, 0.1) is 6.92 Å². The third kappa shape index (κ3) is 4.22. The lowest BCUT2D eigenvalue weighted by atomic mass is 10.1. The number of hydrogen-bond acceptors (Lipinski definition) is 5. The number of H-pyrrole nitrogens is 2. The van der Waals surface area contributed by atoms with E-state index in [-0.39, 0.29) is 11.3 Å². The number of nitrogens with zero attached hydrogens (tertiary/aromatic N) is 1. The first-order valence-corrected chi connectivity index (χ1v) is 8.24. The molecule has 9 nitrogen and oxygen atoms in total. The summed E-state index contributed by atoms with van der Waals surface area (Å²) < 4.78 is 0. The number of rotatable bonds is 4. The number of amides is 2. The first kappa shape index (κ1) is 18.8. The number of hydrazine groups is 1. The molecule has 2 amide bonds. The van der Waals surface area contributed by atoms with E-state index in [2.05, 4.69) is 10.3 Å². The van der Waals surface area contributed by atoms with Crippen LogP contribution in [-0.4, -0.2) is 21.8 Å². The summed E-state index contributed by atoms with van der Waals surface area (Å²) in [7, 11) is 0. The number of aryl methyl sites for hydroxylation is 1. The van der Waals surface area contributed by atoms with E-state index in [1.54, 1.807) is 36.4 Å². The molecule has 0 saturated carbocycles. The maximum Gasteiger partial charge on any atom is 0.326 e. The first-order valence-electron chi connectivity index (χ1n) is 8.24. The summed E-state index contributed by atoms with van der Waals surface area (Å²) >= 11 is 0. The first-order chi connectivity index (χ1) is 13.3. The lowest BCUT2D eigenvalue weighted by Crippen LogP contribution is -2.37. The third-order valence-corrected chi connectivity index (χ3v) is 3.87. The van der Waals surface area contributed by atoms with Gasteiger partial charge in [-0.05, 0) is 42.8 Å². The van der Waals surface area contributed by atoms with E-state index < -0.39 is 23.1 Å². The molecule has 1 aromatic heterocycles. The molecule has 3 aromatic rings. The van der Waals surface area contributed by atoms with Gasteiger partial charge in [-0.25, -0.2) is 15.6 Å². The van der Waals surface area contributed by atoms with Crippen molar-refractivity contribution in [1.82, 2.24) is 9.97 Å². The third-order valence-electron chi connectivity index (χ3n) is 3.87. The second-order valence-corrected chi connectivity index (χ2v) is 6.05. The highest BCUT2D eigenvalue weighted by atomic mass is 16.2. The number of nitrogens with two attached hydrogens (primary N) is 1. The molecular weight excluding hydrogens is 362 g/mol. The van der Waals surface area contributed by atoms with Gasteiger partial charge in [0, 0.05) is 17.3 Å². The zero-order valence-electron chi connectivity index (χ0n) is 14.9. The van der Waals surface area contributed by atoms with Crippen molar-refractivity contribution in [2.24, 2.45) is 5.84 Å². The Balaban J connectivity index is 1.81. The molecule has 0 fully saturated rings. The van der Waals surface area contributed by atoms with Gasteiger partial charge >= 0.3 is 5.69 Å². The topological polar surface area (TPSA) is 141 Å². The molecule has 5 N–H and O–H groups in total. The van der Waals surface area contributed by atoms with Crippen LogP contribution >= 0.6 is 0 Å². The summed E-state index contributed by atoms with van der Waals surface area (Å²) in [6.07, 6.45) is 0. The molecule has 0 atom stereocenters. The highest BCUT2D eigenvalue weighted by Gasteiger charge is 2.16. The van der Waals surface area contributed by atoms with Crippen molar-refractivity contribution in [1.29, 1.82) is 0 Å². The summed E-state index contributed by atoms with van der Waals surface area (Å²) in [5.41, 5.74) is 0.337. The number of carbonyl (C=O) groups is 2. The van der Waals surface area contributed by atoms with E-state index in [1.807, 2.05) is 18.0 Å². The van der Waals surface area contributed by atoms with E-state index in [4.69, 9.17) is 5.84 Å². The van der Waals surface area contributed by atoms with Crippen molar-refractivity contribution in [3.8, 4) is 0 Å². The van der Waals surface area contributed by atoms with E-state index in [0.29, 0.717) is 11.4 Å². The Morgan fingerprint density at radius 3 is 2.46 bits per heavy atom. The normalized spacial score (nSPS) is 10.4. The minimum absolute atomic E-state index is 0.203. The lowest BCUT2D eigenvalue weighted by molar-refractivity contribution is 0.0984. The summed E-state index contributed by atoms with van der Waals surface area (Å²) in [5.74, 6) is 4.77. The number of benzene rings is 2. The Hall–Kier alpha value is -3.98. The fourth-order valence-corrected chi connectivity index (χ4v) is 2.55. The molecule has 0 aliphatic heterocycles. The number of carbonyl (C=O) groups excluding carboxylic acids is 2. The van der Waals surface area contributed by atoms with Crippen molar-refractivity contribution >= 4 is 23.2 Å². The second-order valence-electron chi connectivity index (χ2n) is 6.05. The van der Waals surface area contributed by atoms with Crippen LogP contribution in [0.15, 0.2) is 64.2 Å². The van der Waals surface area contributed by atoms with Crippen molar-refractivity contribution in [3.05, 3.63) is 92.3 Å². The van der Waals surface area contributed by atoms with Gasteiger partial charge in [-0.2, -0.15) is 0 Å². The van der Waals surface area contributed by atoms with Crippen molar-refractivity contribution < 1.29 is 9.59 Å². The molecular formula is C19H17N5O4. The predicted octanol–water partition coefficient (Wildman–Crippen LogP) is 1.14. The monoisotopic (exact) mass is 379 g/mol. The molecule has 0 radical (unpaired) electrons. The van der Waals surface area contributed by atoms with E-state index in [9.17, 15) is 19.2 Å². The SMILES string of the molecule is Cc1cccc(N(N)C(=O)c2cccc(NC(=O)c3cc(=O)[nH]c(=O)[nH]3)c2)c1. The standard InChI is InChI=1S/C19H17N5O4/c1-11-4-2-7-14(8-11)24(20)18(27)12-5-3-6-13(9-12)21-17(26)15-10-16(25)23-19(28)22-15/h2-10H,20H2,1H3,(H,21,26)(H2,22,23,25,28). The van der Waals surface area contributed by atoms with Gasteiger partial charge in [0.2, 0.25) is 0 Å². The number of nitrogens with one attached hydrogen (secondary N) is 3. The van der Waals surface area contributed by atoms with Crippen molar-refractivity contribution in [2.45, 2.75) is 6.92 Å². The quantitative estimate of drug-likeness (QED) is 0.306. The average molecular weight is 379 g/mol. The van der Waals surface area contributed by atoms with Crippen LogP contribution in [0.4, 0.5) is 11.4 Å². The van der Waals surface area contributed by atoms with Gasteiger partial charge in [0.15, 0.2) is 0 Å². The van der Waals surface area contributed by atoms with Gasteiger partial charge in [0.1, 0.15) is 5.69 Å². The lowest BCUT2D eigenvalue weighted by Gasteiger charge is -2.17. The summed E-state index contributed by atoms with van der Waals surface area (Å²) in [6, 6.07) is 14.3. The van der Waals surface area contributed by atoms with Gasteiger partial charge in [-0.3, -0.25) is 19.4 Å². The highest BCUT2D eigenvalue weighted by molar-refractivity contribution is 6.07. The Morgan fingerprint density at radius 1 is 1.00 bits per heavy atom. The maximum absolute atomic E-state index is 12.6. The minimum atomic E-state index is -0.793. The van der Waals surface area contributed by atoms with Crippen LogP contribution < -0.4 is 27.4 Å². The van der Waals surface area contributed by atoms with Crippen LogP contribution in [-0.2, 0) is 0 Å². The van der Waals surface area contributed by atoms with Crippen molar-refractivity contribution in [2.75, 3.05) is 10.3 Å². The van der Waals surface area contributed by atoms with E-state index in [1.165, 1.54) is 6.07 Å². The van der Waals surface area contributed by atoms with Gasteiger partial charge in [0.25, 0.3) is 17.4 Å². The van der Waals surface area contributed by atoms with Gasteiger partial charge in [0.05, 0.1) is 5.69 Å². The maximum atomic E-state index is 12.6. The van der Waals surface area contributed by atoms with Gasteiger partial charge in [-0.1, -0.05) is 18.2 Å². The molecule has 142 valence electrons. The Labute approximate surface area is 158 Å². The molecule has 0 saturated heterocycles. The smallest absolute Gasteiger partial charge is 0.321 e. The van der Waals surface area contributed by atoms with Gasteiger partial charge in [-0.15, -0.1) is 0 Å². The minimum Gasteiger partial charge on any atom is -0.321 e. The largest absolute Gasteiger partial charge is 0.326 e. The molecule has 0 aliphatic carbocycles. The van der Waals surface area contributed by atoms with Crippen LogP contribution in [0.2, 0.25) is 0 Å². The number of aromatic amines is 2. The molecule has 28 heavy (non-hydrogen) atoms. The molecule has 2 aromatic carbocycles. The molecule has 1 heterocycles.